The predicted octanol–water partition coefficient (Wildman–Crippen LogP) is 0.0751. The van der Waals surface area contributed by atoms with Gasteiger partial charge in [-0.2, -0.15) is 10.4 Å². The molecule has 2 N–H and O–H groups in total. The van der Waals surface area contributed by atoms with Gasteiger partial charge in [-0.15, -0.1) is 0 Å². The first kappa shape index (κ1) is 15.3. The van der Waals surface area contributed by atoms with E-state index in [4.69, 9.17) is 5.26 Å². The Hall–Kier alpha value is -3.21. The number of hydrogen-bond acceptors (Lipinski definition) is 6. The summed E-state index contributed by atoms with van der Waals surface area (Å²) in [4.78, 5) is 16.1. The molecule has 0 radical (unpaired) electrons. The van der Waals surface area contributed by atoms with Gasteiger partial charge in [0.25, 0.3) is 5.91 Å². The summed E-state index contributed by atoms with van der Waals surface area (Å²) < 4.78 is 1.76. The molecule has 3 aliphatic heterocycles. The number of aromatic nitrogens is 2. The molecule has 1 aromatic rings. The van der Waals surface area contributed by atoms with Gasteiger partial charge in [0.15, 0.2) is 6.19 Å². The summed E-state index contributed by atoms with van der Waals surface area (Å²) in [6, 6.07) is 1.97. The van der Waals surface area contributed by atoms with Crippen molar-refractivity contribution in [1.82, 2.24) is 30.2 Å². The van der Waals surface area contributed by atoms with E-state index in [1.165, 1.54) is 0 Å². The highest BCUT2D eigenvalue weighted by molar-refractivity contribution is 5.93. The van der Waals surface area contributed by atoms with Crippen molar-refractivity contribution < 1.29 is 4.79 Å². The zero-order chi connectivity index (χ0) is 17.4. The number of fused-ring (bicyclic) bond motifs is 1. The third-order valence-corrected chi connectivity index (χ3v) is 4.57. The normalized spacial score (nSPS) is 24.3. The molecule has 25 heavy (non-hydrogen) atoms. The third-order valence-electron chi connectivity index (χ3n) is 4.57. The van der Waals surface area contributed by atoms with E-state index >= 15 is 0 Å². The highest BCUT2D eigenvalue weighted by Crippen LogP contribution is 2.24. The van der Waals surface area contributed by atoms with Crippen LogP contribution in [0, 0.1) is 11.5 Å². The lowest BCUT2D eigenvalue weighted by atomic mass is 10.1. The second-order valence-corrected chi connectivity index (χ2v) is 6.40. The number of nitrogens with one attached hydrogen (secondary N) is 2. The van der Waals surface area contributed by atoms with Crippen molar-refractivity contribution in [2.24, 2.45) is 7.05 Å². The molecule has 3 aliphatic rings. The second kappa shape index (κ2) is 6.02. The van der Waals surface area contributed by atoms with Gasteiger partial charge < -0.3 is 20.4 Å². The minimum Gasteiger partial charge on any atom is -0.356 e. The van der Waals surface area contributed by atoms with Gasteiger partial charge in [-0.05, 0) is 18.6 Å². The van der Waals surface area contributed by atoms with Crippen molar-refractivity contribution in [3.05, 3.63) is 48.2 Å². The highest BCUT2D eigenvalue weighted by atomic mass is 16.2. The Morgan fingerprint density at radius 1 is 1.48 bits per heavy atom. The van der Waals surface area contributed by atoms with Crippen LogP contribution >= 0.6 is 0 Å². The number of aryl methyl sites for hydroxylation is 1. The lowest BCUT2D eigenvalue weighted by Gasteiger charge is -2.23. The van der Waals surface area contributed by atoms with E-state index in [9.17, 15) is 4.79 Å². The fraction of sp³-hybridized carbons (Fsp3) is 0.353. The number of hydrogen-bond donors (Lipinski definition) is 2. The summed E-state index contributed by atoms with van der Waals surface area (Å²) in [5.74, 6) is -0.139. The molecule has 8 nitrogen and oxygen atoms in total. The quantitative estimate of drug-likeness (QED) is 0.759. The second-order valence-electron chi connectivity index (χ2n) is 6.40. The molecule has 0 aliphatic carbocycles. The number of carbonyl (C=O) groups is 1. The third kappa shape index (κ3) is 2.96. The molecule has 1 saturated heterocycles. The summed E-state index contributed by atoms with van der Waals surface area (Å²) in [6.45, 7) is 1.27. The lowest BCUT2D eigenvalue weighted by Crippen LogP contribution is -2.41. The van der Waals surface area contributed by atoms with Crippen LogP contribution in [0.5, 0.6) is 0 Å². The smallest absolute Gasteiger partial charge is 0.269 e. The maximum absolute atomic E-state index is 12.5. The van der Waals surface area contributed by atoms with Crippen LogP contribution in [0.4, 0.5) is 0 Å². The summed E-state index contributed by atoms with van der Waals surface area (Å²) in [5, 5.41) is 19.5. The highest BCUT2D eigenvalue weighted by Gasteiger charge is 2.29. The first-order valence-corrected chi connectivity index (χ1v) is 8.24. The van der Waals surface area contributed by atoms with Crippen LogP contribution in [0.1, 0.15) is 12.1 Å². The predicted molar refractivity (Wildman–Crippen MR) is 90.9 cm³/mol. The summed E-state index contributed by atoms with van der Waals surface area (Å²) >= 11 is 0. The van der Waals surface area contributed by atoms with Crippen molar-refractivity contribution in [2.45, 2.75) is 18.6 Å². The lowest BCUT2D eigenvalue weighted by molar-refractivity contribution is -0.118. The molecule has 0 spiro atoms. The van der Waals surface area contributed by atoms with Crippen molar-refractivity contribution >= 4 is 11.5 Å². The number of allylic oxidation sites excluding steroid dienone is 2. The molecular weight excluding hydrogens is 318 g/mol. The average molecular weight is 337 g/mol. The van der Waals surface area contributed by atoms with Crippen LogP contribution in [0.15, 0.2) is 42.5 Å². The number of nitrogens with zero attached hydrogens (tertiary/aromatic N) is 5. The summed E-state index contributed by atoms with van der Waals surface area (Å²) in [7, 11) is 1.88. The molecule has 0 bridgehead atoms. The molecule has 0 aromatic carbocycles. The van der Waals surface area contributed by atoms with E-state index in [0.29, 0.717) is 18.8 Å². The van der Waals surface area contributed by atoms with Gasteiger partial charge in [0, 0.05) is 50.3 Å². The largest absolute Gasteiger partial charge is 0.356 e. The zero-order valence-corrected chi connectivity index (χ0v) is 13.9. The van der Waals surface area contributed by atoms with E-state index in [0.717, 1.165) is 17.7 Å². The van der Waals surface area contributed by atoms with E-state index in [1.807, 2.05) is 48.8 Å². The average Bonchev–Trinajstić information content (AvgIpc) is 3.32. The maximum atomic E-state index is 12.5. The van der Waals surface area contributed by atoms with Crippen LogP contribution in [0.25, 0.3) is 5.57 Å². The van der Waals surface area contributed by atoms with Gasteiger partial charge in [0.1, 0.15) is 11.9 Å². The molecule has 8 heteroatoms. The van der Waals surface area contributed by atoms with E-state index in [1.54, 1.807) is 9.58 Å². The van der Waals surface area contributed by atoms with Crippen LogP contribution in [-0.4, -0.2) is 50.8 Å². The Balaban J connectivity index is 1.44. The standard InChI is InChI=1S/C17H19N7O/c1-22-6-5-14(21-22)12-2-3-16-20-15(10-24(16)8-12)17(25)19-13-4-7-23(9-13)11-18/h2-3,5-6,8,10,13,16,20H,4,7,9H2,1H3,(H,19,25)/t13-,16?/m1/s1. The summed E-state index contributed by atoms with van der Waals surface area (Å²) in [5.41, 5.74) is 2.42. The Morgan fingerprint density at radius 2 is 2.36 bits per heavy atom. The molecule has 128 valence electrons. The summed E-state index contributed by atoms with van der Waals surface area (Å²) in [6.07, 6.45) is 12.6. The van der Waals surface area contributed by atoms with Crippen molar-refractivity contribution in [1.29, 1.82) is 5.26 Å². The monoisotopic (exact) mass is 337 g/mol. The molecule has 4 rings (SSSR count). The molecular formula is C17H19N7O. The SMILES string of the molecule is Cn1ccc(C2=CN3C=C(C(=O)N[C@@H]4CCN(C#N)C4)NC3C=C2)n1. The first-order valence-electron chi connectivity index (χ1n) is 8.24. The molecule has 1 fully saturated rings. The van der Waals surface area contributed by atoms with Gasteiger partial charge >= 0.3 is 0 Å². The maximum Gasteiger partial charge on any atom is 0.269 e. The molecule has 2 atom stereocenters. The molecule has 1 aromatic heterocycles. The number of nitriles is 1. The Bertz CT molecular complexity index is 828. The Labute approximate surface area is 145 Å². The molecule has 0 saturated carbocycles. The number of carbonyl (C=O) groups excluding carboxylic acids is 1. The van der Waals surface area contributed by atoms with Crippen molar-refractivity contribution in [3.8, 4) is 6.19 Å². The van der Waals surface area contributed by atoms with E-state index in [-0.39, 0.29) is 18.1 Å². The topological polar surface area (TPSA) is 89.2 Å². The fourth-order valence-corrected chi connectivity index (χ4v) is 3.24. The van der Waals surface area contributed by atoms with E-state index < -0.39 is 0 Å². The van der Waals surface area contributed by atoms with Crippen LogP contribution < -0.4 is 10.6 Å². The van der Waals surface area contributed by atoms with Crippen LogP contribution in [0.3, 0.4) is 0 Å². The van der Waals surface area contributed by atoms with Crippen LogP contribution in [0.2, 0.25) is 0 Å². The Morgan fingerprint density at radius 3 is 3.08 bits per heavy atom. The van der Waals surface area contributed by atoms with Gasteiger partial charge in [-0.1, -0.05) is 6.08 Å². The molecule has 1 unspecified atom stereocenters. The van der Waals surface area contributed by atoms with Gasteiger partial charge in [0.05, 0.1) is 5.69 Å². The Kier molecular flexibility index (Phi) is 3.69. The van der Waals surface area contributed by atoms with Crippen molar-refractivity contribution in [2.75, 3.05) is 13.1 Å². The number of likely N-dealkylation sites (tertiary alicyclic amines) is 1. The number of amides is 1. The van der Waals surface area contributed by atoms with Gasteiger partial charge in [-0.25, -0.2) is 0 Å². The van der Waals surface area contributed by atoms with Gasteiger partial charge in [-0.3, -0.25) is 9.48 Å². The first-order chi connectivity index (χ1) is 12.1. The van der Waals surface area contributed by atoms with E-state index in [2.05, 4.69) is 21.9 Å². The van der Waals surface area contributed by atoms with Gasteiger partial charge in [0.2, 0.25) is 0 Å². The van der Waals surface area contributed by atoms with Crippen LogP contribution in [-0.2, 0) is 11.8 Å². The minimum absolute atomic E-state index is 0.0163. The number of rotatable bonds is 3. The zero-order valence-electron chi connectivity index (χ0n) is 13.9. The molecule has 1 amide bonds. The molecule has 4 heterocycles. The fourth-order valence-electron chi connectivity index (χ4n) is 3.24. The van der Waals surface area contributed by atoms with Crippen molar-refractivity contribution in [3.63, 3.8) is 0 Å². The minimum atomic E-state index is -0.139.